The van der Waals surface area contributed by atoms with E-state index in [0.29, 0.717) is 42.1 Å². The van der Waals surface area contributed by atoms with Crippen LogP contribution in [-0.2, 0) is 35.6 Å². The SMILES string of the molecule is COc1cc2c(cc1OC)CN(CC1CC(c3ccc(CO)cc3)OC(c3ccc(-c4ccccc4CNC(=O)c4c(F)c(F)c(F)c(F)c4F)cc3)O1)CC2. The van der Waals surface area contributed by atoms with Gasteiger partial charge >= 0.3 is 0 Å². The first-order chi connectivity index (χ1) is 27.1. The minimum atomic E-state index is -2.34. The number of nitrogens with one attached hydrogen (secondary N) is 1. The van der Waals surface area contributed by atoms with Gasteiger partial charge in [0, 0.05) is 38.2 Å². The van der Waals surface area contributed by atoms with Crippen LogP contribution in [0.4, 0.5) is 22.0 Å². The van der Waals surface area contributed by atoms with Crippen LogP contribution in [0, 0.1) is 29.1 Å². The van der Waals surface area contributed by atoms with Crippen LogP contribution in [0.2, 0.25) is 0 Å². The number of nitrogens with zero attached hydrogens (tertiary/aromatic N) is 1. The summed E-state index contributed by atoms with van der Waals surface area (Å²) in [7, 11) is 3.25. The molecule has 8 nitrogen and oxygen atoms in total. The molecule has 0 radical (unpaired) electrons. The van der Waals surface area contributed by atoms with E-state index in [-0.39, 0.29) is 25.4 Å². The van der Waals surface area contributed by atoms with Gasteiger partial charge in [0.1, 0.15) is 5.56 Å². The Morgan fingerprint density at radius 1 is 0.804 bits per heavy atom. The van der Waals surface area contributed by atoms with E-state index in [9.17, 15) is 31.9 Å². The Morgan fingerprint density at radius 2 is 1.43 bits per heavy atom. The maximum atomic E-state index is 14.3. The van der Waals surface area contributed by atoms with Gasteiger partial charge in [0.05, 0.1) is 33.0 Å². The van der Waals surface area contributed by atoms with Gasteiger partial charge in [-0.1, -0.05) is 72.8 Å². The van der Waals surface area contributed by atoms with E-state index < -0.39 is 46.8 Å². The van der Waals surface area contributed by atoms with Gasteiger partial charge in [-0.3, -0.25) is 9.69 Å². The second-order valence-electron chi connectivity index (χ2n) is 13.7. The molecule has 0 spiro atoms. The van der Waals surface area contributed by atoms with Crippen LogP contribution in [0.25, 0.3) is 11.1 Å². The first-order valence-corrected chi connectivity index (χ1v) is 18.0. The summed E-state index contributed by atoms with van der Waals surface area (Å²) in [4.78, 5) is 15.0. The van der Waals surface area contributed by atoms with Gasteiger partial charge in [-0.05, 0) is 57.5 Å². The molecule has 2 aliphatic rings. The largest absolute Gasteiger partial charge is 0.493 e. The Kier molecular flexibility index (Phi) is 11.7. The molecule has 5 aromatic carbocycles. The lowest BCUT2D eigenvalue weighted by Crippen LogP contribution is -2.41. The average molecular weight is 775 g/mol. The minimum Gasteiger partial charge on any atom is -0.493 e. The molecule has 1 saturated heterocycles. The summed E-state index contributed by atoms with van der Waals surface area (Å²) >= 11 is 0. The molecule has 0 aromatic heterocycles. The minimum absolute atomic E-state index is 0.0690. The zero-order valence-electron chi connectivity index (χ0n) is 30.6. The molecule has 1 fully saturated rings. The summed E-state index contributed by atoms with van der Waals surface area (Å²) in [6.45, 7) is 1.87. The third kappa shape index (κ3) is 7.98. The molecule has 292 valence electrons. The van der Waals surface area contributed by atoms with Crippen LogP contribution < -0.4 is 14.8 Å². The molecular weight excluding hydrogens is 735 g/mol. The highest BCUT2D eigenvalue weighted by Gasteiger charge is 2.34. The summed E-state index contributed by atoms with van der Waals surface area (Å²) in [5, 5.41) is 11.9. The van der Waals surface area contributed by atoms with E-state index in [1.54, 1.807) is 38.5 Å². The summed E-state index contributed by atoms with van der Waals surface area (Å²) < 4.78 is 93.9. The number of methoxy groups -OCH3 is 2. The van der Waals surface area contributed by atoms with Crippen molar-refractivity contribution in [1.29, 1.82) is 0 Å². The molecule has 0 saturated carbocycles. The van der Waals surface area contributed by atoms with Crippen LogP contribution in [0.1, 0.15) is 62.6 Å². The molecule has 2 heterocycles. The van der Waals surface area contributed by atoms with Gasteiger partial charge in [0.15, 0.2) is 41.1 Å². The fraction of sp³-hybridized carbons (Fsp3) is 0.279. The number of fused-ring (bicyclic) bond motifs is 1. The molecule has 3 unspecified atom stereocenters. The van der Waals surface area contributed by atoms with E-state index in [1.807, 2.05) is 60.7 Å². The van der Waals surface area contributed by atoms with E-state index in [1.165, 1.54) is 11.1 Å². The summed E-state index contributed by atoms with van der Waals surface area (Å²) in [5.74, 6) is -11.2. The maximum Gasteiger partial charge on any atom is 0.257 e. The lowest BCUT2D eigenvalue weighted by atomic mass is 9.96. The second-order valence-corrected chi connectivity index (χ2v) is 13.7. The summed E-state index contributed by atoms with van der Waals surface area (Å²) in [6, 6.07) is 26.1. The van der Waals surface area contributed by atoms with Crippen molar-refractivity contribution in [2.24, 2.45) is 0 Å². The Balaban J connectivity index is 1.09. The van der Waals surface area contributed by atoms with Crippen molar-refractivity contribution in [2.75, 3.05) is 27.3 Å². The molecule has 0 bridgehead atoms. The van der Waals surface area contributed by atoms with E-state index in [0.717, 1.165) is 35.2 Å². The number of rotatable bonds is 11. The third-order valence-electron chi connectivity index (χ3n) is 10.3. The topological polar surface area (TPSA) is 89.5 Å². The number of amides is 1. The molecule has 7 rings (SSSR count). The highest BCUT2D eigenvalue weighted by atomic mass is 19.2. The summed E-state index contributed by atoms with van der Waals surface area (Å²) in [5.41, 5.74) is 5.28. The van der Waals surface area contributed by atoms with E-state index in [4.69, 9.17) is 18.9 Å². The van der Waals surface area contributed by atoms with Crippen molar-refractivity contribution in [3.8, 4) is 22.6 Å². The number of carbonyl (C=O) groups excluding carboxylic acids is 1. The smallest absolute Gasteiger partial charge is 0.257 e. The van der Waals surface area contributed by atoms with Gasteiger partial charge in [-0.2, -0.15) is 0 Å². The molecule has 13 heteroatoms. The van der Waals surface area contributed by atoms with Crippen molar-refractivity contribution in [3.05, 3.63) is 153 Å². The standard InChI is InChI=1S/C43H39F5N2O6/c1-53-34-17-28-15-16-50(21-30(28)18-35(34)54-2)22-31-19-33(26-9-7-24(23-51)8-10-26)56-43(55-31)27-13-11-25(12-14-27)32-6-4-3-5-29(32)20-49-42(52)36-37(44)39(46)41(48)40(47)38(36)45/h3-14,17-18,31,33,43,51H,15-16,19-23H2,1-2H3,(H,49,52). The van der Waals surface area contributed by atoms with Crippen molar-refractivity contribution in [2.45, 2.75) is 51.0 Å². The predicted molar refractivity (Wildman–Crippen MR) is 196 cm³/mol. The fourth-order valence-corrected chi connectivity index (χ4v) is 7.26. The first-order valence-electron chi connectivity index (χ1n) is 18.0. The van der Waals surface area contributed by atoms with E-state index >= 15 is 0 Å². The van der Waals surface area contributed by atoms with Crippen LogP contribution >= 0.6 is 0 Å². The molecule has 2 aliphatic heterocycles. The molecule has 5 aromatic rings. The fourth-order valence-electron chi connectivity index (χ4n) is 7.26. The Hall–Kier alpha value is -5.34. The molecule has 1 amide bonds. The lowest BCUT2D eigenvalue weighted by molar-refractivity contribution is -0.253. The Bertz CT molecular complexity index is 2190. The van der Waals surface area contributed by atoms with Crippen LogP contribution in [-0.4, -0.2) is 49.3 Å². The van der Waals surface area contributed by atoms with Crippen LogP contribution in [0.15, 0.2) is 84.9 Å². The van der Waals surface area contributed by atoms with Crippen LogP contribution in [0.5, 0.6) is 11.5 Å². The average Bonchev–Trinajstić information content (AvgIpc) is 3.23. The molecule has 56 heavy (non-hydrogen) atoms. The van der Waals surface area contributed by atoms with Gasteiger partial charge < -0.3 is 29.4 Å². The zero-order chi connectivity index (χ0) is 39.5. The van der Waals surface area contributed by atoms with Gasteiger partial charge in [-0.25, -0.2) is 22.0 Å². The lowest BCUT2D eigenvalue weighted by Gasteiger charge is -2.39. The first kappa shape index (κ1) is 38.9. The van der Waals surface area contributed by atoms with Gasteiger partial charge in [-0.15, -0.1) is 0 Å². The normalized spacial score (nSPS) is 18.3. The molecular formula is C43H39F5N2O6. The summed E-state index contributed by atoms with van der Waals surface area (Å²) in [6.07, 6.45) is 0.238. The third-order valence-corrected chi connectivity index (χ3v) is 10.3. The molecule has 2 N–H and O–H groups in total. The van der Waals surface area contributed by atoms with Crippen molar-refractivity contribution >= 4 is 5.91 Å². The number of halogens is 5. The second kappa shape index (κ2) is 16.8. The number of hydrogen-bond donors (Lipinski definition) is 2. The van der Waals surface area contributed by atoms with E-state index in [2.05, 4.69) is 10.2 Å². The number of aliphatic hydroxyl groups excluding tert-OH is 1. The van der Waals surface area contributed by atoms with Crippen LogP contribution in [0.3, 0.4) is 0 Å². The number of benzene rings is 5. The van der Waals surface area contributed by atoms with Crippen molar-refractivity contribution in [1.82, 2.24) is 10.2 Å². The number of ether oxygens (including phenoxy) is 4. The number of hydrogen-bond acceptors (Lipinski definition) is 7. The monoisotopic (exact) mass is 774 g/mol. The van der Waals surface area contributed by atoms with Crippen molar-refractivity contribution < 1.29 is 50.8 Å². The number of aliphatic hydroxyl groups is 1. The zero-order valence-corrected chi connectivity index (χ0v) is 30.6. The number of carbonyl (C=O) groups is 1. The highest BCUT2D eigenvalue weighted by Crippen LogP contribution is 2.40. The molecule has 0 aliphatic carbocycles. The van der Waals surface area contributed by atoms with Gasteiger partial charge in [0.2, 0.25) is 5.82 Å². The molecule has 3 atom stereocenters. The highest BCUT2D eigenvalue weighted by molar-refractivity contribution is 5.95. The predicted octanol–water partition coefficient (Wildman–Crippen LogP) is 8.09. The Morgan fingerprint density at radius 3 is 2.09 bits per heavy atom. The maximum absolute atomic E-state index is 14.3. The Labute approximate surface area is 320 Å². The van der Waals surface area contributed by atoms with Gasteiger partial charge in [0.25, 0.3) is 5.91 Å². The quantitative estimate of drug-likeness (QED) is 0.0797. The van der Waals surface area contributed by atoms with Crippen molar-refractivity contribution in [3.63, 3.8) is 0 Å².